The van der Waals surface area contributed by atoms with Gasteiger partial charge in [0.25, 0.3) is 0 Å². The lowest BCUT2D eigenvalue weighted by Crippen LogP contribution is -2.21. The Bertz CT molecular complexity index is 1110. The van der Waals surface area contributed by atoms with Crippen LogP contribution in [-0.4, -0.2) is 40.9 Å². The molecule has 3 rings (SSSR count). The Morgan fingerprint density at radius 3 is 2.76 bits per heavy atom. The van der Waals surface area contributed by atoms with Crippen molar-refractivity contribution in [2.24, 2.45) is 0 Å². The summed E-state index contributed by atoms with van der Waals surface area (Å²) in [6.45, 7) is 2.63. The fourth-order valence-electron chi connectivity index (χ4n) is 3.43. The van der Waals surface area contributed by atoms with Crippen molar-refractivity contribution in [3.8, 4) is 5.75 Å². The van der Waals surface area contributed by atoms with E-state index in [4.69, 9.17) is 9.84 Å². The number of pyridine rings is 1. The number of carbonyl (C=O) groups is 1. The number of aromatic nitrogens is 2. The van der Waals surface area contributed by atoms with E-state index in [2.05, 4.69) is 33.6 Å². The highest BCUT2D eigenvalue weighted by Crippen LogP contribution is 2.28. The monoisotopic (exact) mass is 480 g/mol. The van der Waals surface area contributed by atoms with E-state index in [9.17, 15) is 4.79 Å². The van der Waals surface area contributed by atoms with Gasteiger partial charge in [-0.3, -0.25) is 0 Å². The first kappa shape index (κ1) is 25.2. The maximum absolute atomic E-state index is 10.5. The summed E-state index contributed by atoms with van der Waals surface area (Å²) in [6, 6.07) is 10.0. The van der Waals surface area contributed by atoms with Crippen LogP contribution in [0.5, 0.6) is 5.75 Å². The molecule has 0 bridgehead atoms. The third kappa shape index (κ3) is 8.19. The van der Waals surface area contributed by atoms with Crippen LogP contribution in [0.1, 0.15) is 49.6 Å². The Hall–Kier alpha value is -3.39. The molecule has 8 heteroatoms. The van der Waals surface area contributed by atoms with Gasteiger partial charge in [-0.1, -0.05) is 31.6 Å². The number of nitrogens with one attached hydrogen (secondary N) is 2. The smallest absolute Gasteiger partial charge is 0.404 e. The van der Waals surface area contributed by atoms with Crippen LogP contribution in [0.15, 0.2) is 48.7 Å². The summed E-state index contributed by atoms with van der Waals surface area (Å²) in [4.78, 5) is 19.5. The fourth-order valence-corrected chi connectivity index (χ4v) is 4.34. The lowest BCUT2D eigenvalue weighted by molar-refractivity contribution is 0.182. The van der Waals surface area contributed by atoms with Crippen molar-refractivity contribution in [2.75, 3.05) is 18.9 Å². The van der Waals surface area contributed by atoms with Crippen LogP contribution < -0.4 is 15.4 Å². The van der Waals surface area contributed by atoms with Crippen LogP contribution in [-0.2, 0) is 0 Å². The first-order valence-corrected chi connectivity index (χ1v) is 12.4. The van der Waals surface area contributed by atoms with Gasteiger partial charge in [0.1, 0.15) is 16.6 Å². The Labute approximate surface area is 204 Å². The minimum atomic E-state index is -0.962. The summed E-state index contributed by atoms with van der Waals surface area (Å²) in [5.74, 6) is 1.71. The highest BCUT2D eigenvalue weighted by molar-refractivity contribution is 7.19. The lowest BCUT2D eigenvalue weighted by atomic mass is 10.1. The quantitative estimate of drug-likeness (QED) is 0.192. The van der Waals surface area contributed by atoms with Crippen molar-refractivity contribution in [3.63, 3.8) is 0 Å². The largest absolute Gasteiger partial charge is 0.490 e. The molecule has 0 fully saturated rings. The van der Waals surface area contributed by atoms with Gasteiger partial charge in [0, 0.05) is 19.8 Å². The molecule has 2 aromatic heterocycles. The van der Waals surface area contributed by atoms with Gasteiger partial charge in [-0.05, 0) is 67.7 Å². The number of unbranched alkanes of at least 4 members (excludes halogenated alkanes) is 2. The second-order valence-electron chi connectivity index (χ2n) is 7.86. The minimum absolute atomic E-state index is 0.152. The summed E-state index contributed by atoms with van der Waals surface area (Å²) in [5, 5.41) is 15.0. The molecule has 1 amide bonds. The number of nitrogens with zero attached hydrogens (tertiary/aromatic N) is 2. The number of anilines is 1. The highest BCUT2D eigenvalue weighted by Gasteiger charge is 2.10. The van der Waals surface area contributed by atoms with E-state index in [1.807, 2.05) is 61.8 Å². The van der Waals surface area contributed by atoms with Gasteiger partial charge in [0.05, 0.1) is 16.3 Å². The maximum Gasteiger partial charge on any atom is 0.404 e. The standard InChI is InChI=1S/C26H32N4O3S/c1-3-20(10-5-4-8-16-28-26(31)32)33-21-13-14-22-23(17-21)34-25(30-22)11-7-6-9-19-12-15-24(27-2)29-18-19/h6-7,9,11-15,17-18,20,28H,3-5,8,10,16H2,1-2H3,(H,27,29)(H,31,32)/b9-6+,11-7+. The van der Waals surface area contributed by atoms with Crippen LogP contribution in [0.25, 0.3) is 22.4 Å². The fraction of sp³-hybridized carbons (Fsp3) is 0.346. The van der Waals surface area contributed by atoms with E-state index in [0.717, 1.165) is 64.5 Å². The molecule has 34 heavy (non-hydrogen) atoms. The summed E-state index contributed by atoms with van der Waals surface area (Å²) >= 11 is 1.64. The van der Waals surface area contributed by atoms with Crippen molar-refractivity contribution in [1.29, 1.82) is 0 Å². The van der Waals surface area contributed by atoms with E-state index in [1.165, 1.54) is 0 Å². The number of hydrogen-bond donors (Lipinski definition) is 3. The van der Waals surface area contributed by atoms with Crippen molar-refractivity contribution >= 4 is 45.6 Å². The molecular weight excluding hydrogens is 448 g/mol. The van der Waals surface area contributed by atoms with E-state index < -0.39 is 6.09 Å². The van der Waals surface area contributed by atoms with Gasteiger partial charge in [-0.15, -0.1) is 11.3 Å². The zero-order valence-electron chi connectivity index (χ0n) is 19.7. The Kier molecular flexibility index (Phi) is 9.91. The molecule has 1 unspecified atom stereocenters. The zero-order chi connectivity index (χ0) is 24.2. The highest BCUT2D eigenvalue weighted by atomic mass is 32.1. The van der Waals surface area contributed by atoms with Crippen LogP contribution in [0.2, 0.25) is 0 Å². The number of carboxylic acid groups (broad SMARTS) is 1. The van der Waals surface area contributed by atoms with Crippen LogP contribution in [0.4, 0.5) is 10.6 Å². The van der Waals surface area contributed by atoms with Crippen molar-refractivity contribution in [1.82, 2.24) is 15.3 Å². The normalized spacial score (nSPS) is 12.4. The van der Waals surface area contributed by atoms with E-state index >= 15 is 0 Å². The molecule has 2 heterocycles. The van der Waals surface area contributed by atoms with Gasteiger partial charge < -0.3 is 20.5 Å². The van der Waals surface area contributed by atoms with Crippen molar-refractivity contribution < 1.29 is 14.6 Å². The number of amides is 1. The van der Waals surface area contributed by atoms with Crippen LogP contribution in [0.3, 0.4) is 0 Å². The Balaban J connectivity index is 1.51. The average molecular weight is 481 g/mol. The predicted octanol–water partition coefficient (Wildman–Crippen LogP) is 6.45. The molecule has 0 saturated heterocycles. The first-order valence-electron chi connectivity index (χ1n) is 11.6. The molecule has 0 radical (unpaired) electrons. The SMILES string of the molecule is CCC(CCCCCNC(=O)O)Oc1ccc2nc(/C=C/C=C/c3ccc(NC)nc3)sc2c1. The summed E-state index contributed by atoms with van der Waals surface area (Å²) in [7, 11) is 1.85. The first-order chi connectivity index (χ1) is 16.6. The van der Waals surface area contributed by atoms with Crippen LogP contribution >= 0.6 is 11.3 Å². The molecule has 3 aromatic rings. The average Bonchev–Trinajstić information content (AvgIpc) is 3.25. The summed E-state index contributed by atoms with van der Waals surface area (Å²) < 4.78 is 7.32. The molecule has 0 spiro atoms. The lowest BCUT2D eigenvalue weighted by Gasteiger charge is -2.17. The molecule has 0 saturated carbocycles. The molecule has 180 valence electrons. The number of allylic oxidation sites excluding steroid dienone is 2. The summed E-state index contributed by atoms with van der Waals surface area (Å²) in [6.07, 6.45) is 13.7. The van der Waals surface area contributed by atoms with Gasteiger partial charge in [0.15, 0.2) is 0 Å². The molecule has 1 atom stereocenters. The number of benzene rings is 1. The maximum atomic E-state index is 10.5. The Morgan fingerprint density at radius 2 is 2.03 bits per heavy atom. The molecule has 0 aliphatic rings. The topological polar surface area (TPSA) is 96.4 Å². The third-order valence-electron chi connectivity index (χ3n) is 5.29. The van der Waals surface area contributed by atoms with Gasteiger partial charge in [-0.25, -0.2) is 14.8 Å². The molecule has 1 aromatic carbocycles. The molecule has 0 aliphatic heterocycles. The van der Waals surface area contributed by atoms with E-state index in [-0.39, 0.29) is 6.10 Å². The van der Waals surface area contributed by atoms with Gasteiger partial charge in [-0.2, -0.15) is 0 Å². The Morgan fingerprint density at radius 1 is 1.18 bits per heavy atom. The van der Waals surface area contributed by atoms with E-state index in [0.29, 0.717) is 6.54 Å². The second-order valence-corrected chi connectivity index (χ2v) is 8.92. The predicted molar refractivity (Wildman–Crippen MR) is 141 cm³/mol. The number of thiazole rings is 1. The van der Waals surface area contributed by atoms with Gasteiger partial charge in [0.2, 0.25) is 0 Å². The number of hydrogen-bond acceptors (Lipinski definition) is 6. The second kappa shape index (κ2) is 13.3. The van der Waals surface area contributed by atoms with Crippen molar-refractivity contribution in [3.05, 3.63) is 59.3 Å². The summed E-state index contributed by atoms with van der Waals surface area (Å²) in [5.41, 5.74) is 2.00. The minimum Gasteiger partial charge on any atom is -0.490 e. The number of ether oxygens (including phenoxy) is 1. The zero-order valence-corrected chi connectivity index (χ0v) is 20.5. The molecule has 0 aliphatic carbocycles. The van der Waals surface area contributed by atoms with E-state index in [1.54, 1.807) is 11.3 Å². The third-order valence-corrected chi connectivity index (χ3v) is 6.28. The molecular formula is C26H32N4O3S. The van der Waals surface area contributed by atoms with Gasteiger partial charge >= 0.3 is 6.09 Å². The van der Waals surface area contributed by atoms with Crippen molar-refractivity contribution in [2.45, 2.75) is 45.1 Å². The van der Waals surface area contributed by atoms with Crippen LogP contribution in [0, 0.1) is 0 Å². The number of fused-ring (bicyclic) bond motifs is 1. The molecule has 3 N–H and O–H groups in total. The molecule has 7 nitrogen and oxygen atoms in total. The number of rotatable bonds is 13.